The lowest BCUT2D eigenvalue weighted by molar-refractivity contribution is -0.114. The highest BCUT2D eigenvalue weighted by Crippen LogP contribution is 2.25. The molecule has 2 N–H and O–H groups in total. The summed E-state index contributed by atoms with van der Waals surface area (Å²) in [5.74, 6) is -0.0625. The molecule has 1 heterocycles. The first-order chi connectivity index (χ1) is 9.19. The van der Waals surface area contributed by atoms with Gasteiger partial charge in [-0.3, -0.25) is 4.79 Å². The molecule has 0 radical (unpaired) electrons. The summed E-state index contributed by atoms with van der Waals surface area (Å²) in [7, 11) is 0. The van der Waals surface area contributed by atoms with Crippen molar-refractivity contribution in [3.05, 3.63) is 29.6 Å². The molecule has 2 rings (SSSR count). The fourth-order valence-electron chi connectivity index (χ4n) is 1.65. The van der Waals surface area contributed by atoms with E-state index in [0.717, 1.165) is 35.0 Å². The van der Waals surface area contributed by atoms with E-state index in [9.17, 15) is 4.79 Å². The van der Waals surface area contributed by atoms with Gasteiger partial charge < -0.3 is 10.6 Å². The van der Waals surface area contributed by atoms with E-state index in [2.05, 4.69) is 22.5 Å². The Bertz CT molecular complexity index is 548. The second-order valence-corrected chi connectivity index (χ2v) is 5.08. The lowest BCUT2D eigenvalue weighted by Gasteiger charge is -2.02. The second kappa shape index (κ2) is 6.33. The number of hydrogen-bond donors (Lipinski definition) is 2. The van der Waals surface area contributed by atoms with Crippen molar-refractivity contribution in [2.24, 2.45) is 0 Å². The molecule has 100 valence electrons. The summed E-state index contributed by atoms with van der Waals surface area (Å²) >= 11 is 1.61. The van der Waals surface area contributed by atoms with Gasteiger partial charge in [-0.15, -0.1) is 11.3 Å². The first kappa shape index (κ1) is 13.5. The molecule has 19 heavy (non-hydrogen) atoms. The average molecular weight is 275 g/mol. The Morgan fingerprint density at radius 1 is 1.32 bits per heavy atom. The summed E-state index contributed by atoms with van der Waals surface area (Å²) in [5, 5.41) is 9.00. The number of thiazole rings is 1. The average Bonchev–Trinajstić information content (AvgIpc) is 2.85. The topological polar surface area (TPSA) is 54.0 Å². The maximum absolute atomic E-state index is 10.9. The van der Waals surface area contributed by atoms with Gasteiger partial charge in [0.05, 0.1) is 5.69 Å². The van der Waals surface area contributed by atoms with Gasteiger partial charge in [0.15, 0.2) is 5.13 Å². The zero-order chi connectivity index (χ0) is 13.7. The molecule has 0 aliphatic heterocycles. The SMILES string of the molecule is CCCNc1nc(-c2ccc(NC(C)=O)cc2)cs1. The van der Waals surface area contributed by atoms with Crippen molar-refractivity contribution in [3.63, 3.8) is 0 Å². The van der Waals surface area contributed by atoms with Crippen molar-refractivity contribution in [3.8, 4) is 11.3 Å². The van der Waals surface area contributed by atoms with Crippen molar-refractivity contribution in [2.45, 2.75) is 20.3 Å². The Morgan fingerprint density at radius 3 is 2.68 bits per heavy atom. The Balaban J connectivity index is 2.09. The number of carbonyl (C=O) groups is 1. The van der Waals surface area contributed by atoms with Crippen LogP contribution in [0.4, 0.5) is 10.8 Å². The Kier molecular flexibility index (Phi) is 4.52. The Hall–Kier alpha value is -1.88. The van der Waals surface area contributed by atoms with E-state index in [0.29, 0.717) is 0 Å². The van der Waals surface area contributed by atoms with Crippen LogP contribution in [-0.2, 0) is 4.79 Å². The van der Waals surface area contributed by atoms with Crippen LogP contribution in [0.1, 0.15) is 20.3 Å². The van der Waals surface area contributed by atoms with Crippen molar-refractivity contribution in [1.29, 1.82) is 0 Å². The molecule has 5 heteroatoms. The molecule has 4 nitrogen and oxygen atoms in total. The first-order valence-corrected chi connectivity index (χ1v) is 7.14. The fourth-order valence-corrected chi connectivity index (χ4v) is 2.40. The Morgan fingerprint density at radius 2 is 2.05 bits per heavy atom. The molecule has 0 saturated carbocycles. The summed E-state index contributed by atoms with van der Waals surface area (Å²) in [6.07, 6.45) is 1.08. The summed E-state index contributed by atoms with van der Waals surface area (Å²) < 4.78 is 0. The minimum absolute atomic E-state index is 0.0625. The molecule has 0 fully saturated rings. The van der Waals surface area contributed by atoms with Crippen LogP contribution in [0.15, 0.2) is 29.6 Å². The van der Waals surface area contributed by atoms with Crippen molar-refractivity contribution in [1.82, 2.24) is 4.98 Å². The van der Waals surface area contributed by atoms with Crippen molar-refractivity contribution < 1.29 is 4.79 Å². The van der Waals surface area contributed by atoms with Gasteiger partial charge in [0.25, 0.3) is 0 Å². The van der Waals surface area contributed by atoms with E-state index in [1.807, 2.05) is 29.6 Å². The molecule has 0 bridgehead atoms. The molecule has 0 atom stereocenters. The minimum atomic E-state index is -0.0625. The molecule has 0 unspecified atom stereocenters. The first-order valence-electron chi connectivity index (χ1n) is 6.26. The summed E-state index contributed by atoms with van der Waals surface area (Å²) in [6.45, 7) is 4.57. The zero-order valence-electron chi connectivity index (χ0n) is 11.1. The van der Waals surface area contributed by atoms with Crippen LogP contribution in [-0.4, -0.2) is 17.4 Å². The van der Waals surface area contributed by atoms with Gasteiger partial charge in [-0.2, -0.15) is 0 Å². The molecule has 0 saturated heterocycles. The van der Waals surface area contributed by atoms with Crippen LogP contribution in [0.25, 0.3) is 11.3 Å². The molecule has 0 aliphatic carbocycles. The van der Waals surface area contributed by atoms with Crippen LogP contribution < -0.4 is 10.6 Å². The van der Waals surface area contributed by atoms with E-state index >= 15 is 0 Å². The number of hydrogen-bond acceptors (Lipinski definition) is 4. The largest absolute Gasteiger partial charge is 0.362 e. The number of rotatable bonds is 5. The molecule has 1 amide bonds. The monoisotopic (exact) mass is 275 g/mol. The van der Waals surface area contributed by atoms with Crippen LogP contribution in [0.5, 0.6) is 0 Å². The third-order valence-electron chi connectivity index (χ3n) is 2.53. The van der Waals surface area contributed by atoms with Crippen molar-refractivity contribution >= 4 is 28.1 Å². The van der Waals surface area contributed by atoms with E-state index in [4.69, 9.17) is 0 Å². The van der Waals surface area contributed by atoms with Crippen LogP contribution in [0.3, 0.4) is 0 Å². The van der Waals surface area contributed by atoms with E-state index in [1.165, 1.54) is 6.92 Å². The molecule has 0 aliphatic rings. The van der Waals surface area contributed by atoms with Gasteiger partial charge in [-0.05, 0) is 18.6 Å². The number of nitrogens with one attached hydrogen (secondary N) is 2. The van der Waals surface area contributed by atoms with Gasteiger partial charge in [-0.1, -0.05) is 19.1 Å². The Labute approximate surface area is 116 Å². The molecule has 1 aromatic carbocycles. The van der Waals surface area contributed by atoms with E-state index < -0.39 is 0 Å². The number of amides is 1. The zero-order valence-corrected chi connectivity index (χ0v) is 11.9. The maximum atomic E-state index is 10.9. The molecule has 1 aromatic heterocycles. The van der Waals surface area contributed by atoms with Crippen molar-refractivity contribution in [2.75, 3.05) is 17.2 Å². The normalized spacial score (nSPS) is 10.2. The van der Waals surface area contributed by atoms with E-state index in [1.54, 1.807) is 11.3 Å². The summed E-state index contributed by atoms with van der Waals surface area (Å²) in [5.41, 5.74) is 2.81. The summed E-state index contributed by atoms with van der Waals surface area (Å²) in [4.78, 5) is 15.5. The number of benzene rings is 1. The minimum Gasteiger partial charge on any atom is -0.362 e. The van der Waals surface area contributed by atoms with Crippen LogP contribution in [0.2, 0.25) is 0 Å². The molecule has 0 spiro atoms. The smallest absolute Gasteiger partial charge is 0.221 e. The van der Waals surface area contributed by atoms with Crippen LogP contribution >= 0.6 is 11.3 Å². The number of anilines is 2. The number of carbonyl (C=O) groups excluding carboxylic acids is 1. The highest BCUT2D eigenvalue weighted by atomic mass is 32.1. The quantitative estimate of drug-likeness (QED) is 0.876. The standard InChI is InChI=1S/C14H17N3OS/c1-3-8-15-14-17-13(9-19-14)11-4-6-12(7-5-11)16-10(2)18/h4-7,9H,3,8H2,1-2H3,(H,15,17)(H,16,18). The third-order valence-corrected chi connectivity index (χ3v) is 3.33. The molecule has 2 aromatic rings. The van der Waals surface area contributed by atoms with Gasteiger partial charge >= 0.3 is 0 Å². The van der Waals surface area contributed by atoms with Gasteiger partial charge in [-0.25, -0.2) is 4.98 Å². The predicted molar refractivity (Wildman–Crippen MR) is 80.6 cm³/mol. The number of nitrogens with zero attached hydrogens (tertiary/aromatic N) is 1. The predicted octanol–water partition coefficient (Wildman–Crippen LogP) is 3.59. The summed E-state index contributed by atoms with van der Waals surface area (Å²) in [6, 6.07) is 7.69. The van der Waals surface area contributed by atoms with Gasteiger partial charge in [0.2, 0.25) is 5.91 Å². The highest BCUT2D eigenvalue weighted by molar-refractivity contribution is 7.14. The van der Waals surface area contributed by atoms with Gasteiger partial charge in [0, 0.05) is 30.1 Å². The van der Waals surface area contributed by atoms with Crippen LogP contribution in [0, 0.1) is 0 Å². The molecular formula is C14H17N3OS. The molecular weight excluding hydrogens is 258 g/mol. The second-order valence-electron chi connectivity index (χ2n) is 4.22. The third kappa shape index (κ3) is 3.79. The van der Waals surface area contributed by atoms with E-state index in [-0.39, 0.29) is 5.91 Å². The van der Waals surface area contributed by atoms with Gasteiger partial charge in [0.1, 0.15) is 0 Å². The lowest BCUT2D eigenvalue weighted by Crippen LogP contribution is -2.05. The number of aromatic nitrogens is 1. The highest BCUT2D eigenvalue weighted by Gasteiger charge is 2.04. The fraction of sp³-hybridized carbons (Fsp3) is 0.286. The maximum Gasteiger partial charge on any atom is 0.221 e. The lowest BCUT2D eigenvalue weighted by atomic mass is 10.1.